The van der Waals surface area contributed by atoms with Gasteiger partial charge in [0.25, 0.3) is 23.6 Å². The SMILES string of the molecule is C=C(C)C(=O)OCCCCN(CCC1CCCCC1)C(=O)C(CCC1CCCCC1)N1C(=O)c2cc(Oc3cc(C)cc(C)c3)c3c4c(Oc5cc(C)cc(C)c5)cc5c6c(cc(Oc7cc(C)cc(C)c7)c(c7c(Oc8cc(C)cc(C)c8)cc(c2c37)C1=O)c64)C(=O)N(C(CCC1CCCCC1)C(=O)N(CCCCOC(=O)C(=C)C)CCC1CCCCC1)C5=O. The van der Waals surface area contributed by atoms with E-state index < -0.39 is 47.7 Å². The number of imide groups is 2. The summed E-state index contributed by atoms with van der Waals surface area (Å²) >= 11 is 0. The highest BCUT2D eigenvalue weighted by molar-refractivity contribution is 6.45. The number of hydrogen-bond donors (Lipinski definition) is 0. The number of rotatable bonds is 36. The van der Waals surface area contributed by atoms with Crippen molar-refractivity contribution in [3.63, 3.8) is 0 Å². The number of hydrogen-bond acceptors (Lipinski definition) is 14. The summed E-state index contributed by atoms with van der Waals surface area (Å²) in [5, 5.41) is 2.66. The second-order valence-corrected chi connectivity index (χ2v) is 38.0. The van der Waals surface area contributed by atoms with Crippen molar-refractivity contribution in [1.82, 2.24) is 19.6 Å². The summed E-state index contributed by atoms with van der Waals surface area (Å²) in [6.07, 6.45) is 26.3. The van der Waals surface area contributed by atoms with Crippen LogP contribution in [-0.4, -0.2) is 118 Å². The van der Waals surface area contributed by atoms with Crippen LogP contribution in [0.3, 0.4) is 0 Å². The van der Waals surface area contributed by atoms with Crippen molar-refractivity contribution < 1.29 is 66.8 Å². The van der Waals surface area contributed by atoms with E-state index in [2.05, 4.69) is 37.4 Å². The van der Waals surface area contributed by atoms with E-state index in [0.717, 1.165) is 173 Å². The van der Waals surface area contributed by atoms with Crippen molar-refractivity contribution in [3.05, 3.63) is 188 Å². The van der Waals surface area contributed by atoms with E-state index in [1.807, 2.05) is 114 Å². The molecule has 9 aromatic rings. The average molecular weight is 1710 g/mol. The number of nitrogens with zero attached hydrogens (tertiary/aromatic N) is 4. The standard InChI is InChI=1S/C108H128N4O14/c1-65(2)107(119)121-47-27-25-43-109(45-41-77-33-21-15-22-34-77)105(117)87(39-37-75-29-17-13-18-30-75)111-101(113)83-61-89(123-79-53-67(5)49-68(6)54-79)95-97-91(125-81-57-71(9)51-72(10)58-81)63-85-94-86(64-92(126-82-59-73(11)52-74(12)60-82)98(100(94)97)96-90(62-84(102(111)114)93(83)99(95)96)124-80-55-69(7)50-70(8)56-80)104(116)112(103(85)115)88(40-38-76-31-19-14-20-32-76)106(118)110(46-42-78-35-23-16-24-36-78)44-26-28-48-122-108(120)66(3)4/h49-64,75-78,87-88H,1,3,13-48H2,2,4-12H3. The lowest BCUT2D eigenvalue weighted by Crippen LogP contribution is -2.55. The fourth-order valence-corrected chi connectivity index (χ4v) is 21.5. The van der Waals surface area contributed by atoms with E-state index in [9.17, 15) is 9.59 Å². The van der Waals surface area contributed by atoms with Gasteiger partial charge in [0.2, 0.25) is 11.8 Å². The maximum atomic E-state index is 17.3. The monoisotopic (exact) mass is 1700 g/mol. The van der Waals surface area contributed by atoms with Crippen molar-refractivity contribution in [3.8, 4) is 46.0 Å². The first-order valence-corrected chi connectivity index (χ1v) is 47.1. The third-order valence-electron chi connectivity index (χ3n) is 27.5. The highest BCUT2D eigenvalue weighted by Gasteiger charge is 2.48. The molecular formula is C108H128N4O14. The number of benzene rings is 9. The Balaban J connectivity index is 1.01. The van der Waals surface area contributed by atoms with Gasteiger partial charge in [0, 0.05) is 80.4 Å². The Labute approximate surface area is 743 Å². The number of carbonyl (C=O) groups excluding carboxylic acids is 8. The van der Waals surface area contributed by atoms with Crippen molar-refractivity contribution >= 4 is 90.5 Å². The largest absolute Gasteiger partial charge is 0.462 e. The number of fused-ring (bicyclic) bond motifs is 2. The molecule has 18 heteroatoms. The molecule has 4 aliphatic carbocycles. The molecule has 664 valence electrons. The third-order valence-corrected chi connectivity index (χ3v) is 27.5. The van der Waals surface area contributed by atoms with Gasteiger partial charge in [0.1, 0.15) is 58.1 Å². The van der Waals surface area contributed by atoms with Crippen molar-refractivity contribution in [2.45, 2.75) is 274 Å². The van der Waals surface area contributed by atoms with E-state index in [1.165, 1.54) is 22.6 Å². The normalized spacial score (nSPS) is 16.6. The fourth-order valence-electron chi connectivity index (χ4n) is 21.5. The van der Waals surface area contributed by atoms with Crippen molar-refractivity contribution in [2.75, 3.05) is 39.4 Å². The van der Waals surface area contributed by atoms with E-state index in [4.69, 9.17) is 28.4 Å². The predicted molar refractivity (Wildman–Crippen MR) is 497 cm³/mol. The summed E-state index contributed by atoms with van der Waals surface area (Å²) in [4.78, 5) is 134. The van der Waals surface area contributed by atoms with Crippen LogP contribution in [0.15, 0.2) is 121 Å². The van der Waals surface area contributed by atoms with Gasteiger partial charge >= 0.3 is 11.9 Å². The van der Waals surface area contributed by atoms with Gasteiger partial charge in [-0.1, -0.05) is 166 Å². The predicted octanol–water partition coefficient (Wildman–Crippen LogP) is 25.4. The third kappa shape index (κ3) is 20.2. The summed E-state index contributed by atoms with van der Waals surface area (Å²) in [5.74, 6) is -0.729. The topological polar surface area (TPSA) is 205 Å². The van der Waals surface area contributed by atoms with E-state index >= 15 is 28.8 Å². The summed E-state index contributed by atoms with van der Waals surface area (Å²) < 4.78 is 41.6. The molecule has 0 radical (unpaired) electrons. The molecule has 6 amide bonds. The number of ether oxygens (including phenoxy) is 6. The molecular weight excluding hydrogens is 1580 g/mol. The Morgan fingerprint density at radius 2 is 0.571 bits per heavy atom. The molecule has 0 saturated heterocycles. The van der Waals surface area contributed by atoms with Crippen LogP contribution in [0.5, 0.6) is 46.0 Å². The minimum Gasteiger partial charge on any atom is -0.462 e. The lowest BCUT2D eigenvalue weighted by Gasteiger charge is -2.38. The van der Waals surface area contributed by atoms with Gasteiger partial charge in [-0.15, -0.1) is 0 Å². The number of unbranched alkanes of at least 4 members (excludes halogenated alkanes) is 2. The Morgan fingerprint density at radius 1 is 0.325 bits per heavy atom. The minimum absolute atomic E-state index is 0.0945. The van der Waals surface area contributed by atoms with Crippen LogP contribution >= 0.6 is 0 Å². The first kappa shape index (κ1) is 89.9. The number of esters is 2. The highest BCUT2D eigenvalue weighted by atomic mass is 16.5. The zero-order chi connectivity index (χ0) is 88.7. The second kappa shape index (κ2) is 40.0. The Morgan fingerprint density at radius 3 is 0.817 bits per heavy atom. The minimum atomic E-state index is -1.26. The van der Waals surface area contributed by atoms with Gasteiger partial charge in [0.15, 0.2) is 0 Å². The maximum absolute atomic E-state index is 17.3. The summed E-state index contributed by atoms with van der Waals surface area (Å²) in [6.45, 7) is 28.4. The quantitative estimate of drug-likeness (QED) is 0.00895. The van der Waals surface area contributed by atoms with Gasteiger partial charge in [-0.05, 0) is 274 Å². The van der Waals surface area contributed by atoms with Crippen LogP contribution in [-0.2, 0) is 28.7 Å². The average Bonchev–Trinajstić information content (AvgIpc) is 0.668. The smallest absolute Gasteiger partial charge is 0.333 e. The lowest BCUT2D eigenvalue weighted by atomic mass is 9.80. The molecule has 2 atom stereocenters. The molecule has 126 heavy (non-hydrogen) atoms. The molecule has 0 N–H and O–H groups in total. The number of amides is 6. The molecule has 9 aromatic carbocycles. The molecule has 0 aromatic heterocycles. The molecule has 0 spiro atoms. The van der Waals surface area contributed by atoms with E-state index in [0.29, 0.717) is 143 Å². The zero-order valence-corrected chi connectivity index (χ0v) is 76.1. The zero-order valence-electron chi connectivity index (χ0n) is 76.1. The van der Waals surface area contributed by atoms with Crippen LogP contribution in [0.1, 0.15) is 292 Å². The first-order valence-electron chi connectivity index (χ1n) is 47.1. The molecule has 0 bridgehead atoms. The van der Waals surface area contributed by atoms with Crippen LogP contribution in [0.2, 0.25) is 0 Å². The van der Waals surface area contributed by atoms with Crippen LogP contribution in [0.4, 0.5) is 0 Å². The Bertz CT molecular complexity index is 5010. The summed E-state index contributed by atoms with van der Waals surface area (Å²) in [6, 6.07) is 28.0. The summed E-state index contributed by atoms with van der Waals surface area (Å²) in [5.41, 5.74) is 8.10. The molecule has 4 saturated carbocycles. The fraction of sp³-hybridized carbons (Fsp3) is 0.481. The van der Waals surface area contributed by atoms with Gasteiger partial charge < -0.3 is 38.2 Å². The highest BCUT2D eigenvalue weighted by Crippen LogP contribution is 2.59. The van der Waals surface area contributed by atoms with Gasteiger partial charge in [-0.2, -0.15) is 0 Å². The molecule has 15 rings (SSSR count). The van der Waals surface area contributed by atoms with E-state index in [-0.39, 0.29) is 106 Å². The molecule has 2 heterocycles. The molecule has 18 nitrogen and oxygen atoms in total. The van der Waals surface area contributed by atoms with Gasteiger partial charge in [-0.3, -0.25) is 38.6 Å². The first-order chi connectivity index (χ1) is 60.7. The Hall–Kier alpha value is -10.9. The molecule has 2 unspecified atom stereocenters. The van der Waals surface area contributed by atoms with Crippen molar-refractivity contribution in [2.24, 2.45) is 23.7 Å². The summed E-state index contributed by atoms with van der Waals surface area (Å²) in [7, 11) is 0. The Kier molecular flexibility index (Phi) is 28.5. The number of aryl methyl sites for hydroxylation is 8. The molecule has 6 aliphatic rings. The van der Waals surface area contributed by atoms with Crippen LogP contribution in [0, 0.1) is 79.1 Å². The van der Waals surface area contributed by atoms with Crippen LogP contribution in [0.25, 0.3) is 43.1 Å². The van der Waals surface area contributed by atoms with Gasteiger partial charge in [0.05, 0.1) is 35.5 Å². The lowest BCUT2D eigenvalue weighted by molar-refractivity contribution is -0.140. The second-order valence-electron chi connectivity index (χ2n) is 38.0. The molecule has 2 aliphatic heterocycles. The van der Waals surface area contributed by atoms with Crippen LogP contribution < -0.4 is 18.9 Å². The van der Waals surface area contributed by atoms with Gasteiger partial charge in [-0.25, -0.2) is 9.59 Å². The van der Waals surface area contributed by atoms with E-state index in [1.54, 1.807) is 38.1 Å². The number of carbonyl (C=O) groups is 8. The molecule has 4 fully saturated rings. The van der Waals surface area contributed by atoms with Crippen molar-refractivity contribution in [1.29, 1.82) is 0 Å². The maximum Gasteiger partial charge on any atom is 0.333 e.